The Bertz CT molecular complexity index is 1170. The van der Waals surface area contributed by atoms with Crippen molar-refractivity contribution in [1.82, 2.24) is 19.6 Å². The molecule has 1 fully saturated rings. The molecule has 2 N–H and O–H groups in total. The van der Waals surface area contributed by atoms with E-state index in [2.05, 4.69) is 20.6 Å². The molecule has 2 aliphatic rings. The van der Waals surface area contributed by atoms with Crippen LogP contribution in [0.3, 0.4) is 0 Å². The molecule has 168 valence electrons. The highest BCUT2D eigenvalue weighted by atomic mass is 32.2. The zero-order chi connectivity index (χ0) is 22.7. The summed E-state index contributed by atoms with van der Waals surface area (Å²) in [6.07, 6.45) is 0.826. The standard InChI is InChI=1S/C19H23F2N5O3S2/c1-9-13-16(19(2,3)25-17(13)27)30-15(9)14-10(20)7-22-18(24-14)23-12-5-6-26(8-11(12)21)31(4,28)29/h7,11-12H,5-6,8H2,1-4H3,(H,25,27)(H,22,23,24)/t11-,12+/m1/s1. The fourth-order valence-corrected chi connectivity index (χ4v) is 6.16. The summed E-state index contributed by atoms with van der Waals surface area (Å²) in [5.74, 6) is -0.797. The summed E-state index contributed by atoms with van der Waals surface area (Å²) in [5.41, 5.74) is 0.660. The number of anilines is 1. The highest BCUT2D eigenvalue weighted by Gasteiger charge is 2.40. The molecular formula is C19H23F2N5O3S2. The van der Waals surface area contributed by atoms with Gasteiger partial charge in [-0.15, -0.1) is 11.3 Å². The van der Waals surface area contributed by atoms with Crippen molar-refractivity contribution < 1.29 is 22.0 Å². The molecule has 8 nitrogen and oxygen atoms in total. The van der Waals surface area contributed by atoms with Gasteiger partial charge in [0, 0.05) is 18.0 Å². The lowest BCUT2D eigenvalue weighted by atomic mass is 10.0. The van der Waals surface area contributed by atoms with Gasteiger partial charge in [0.15, 0.2) is 5.82 Å². The lowest BCUT2D eigenvalue weighted by molar-refractivity contribution is 0.0940. The molecule has 2 atom stereocenters. The van der Waals surface area contributed by atoms with Crippen molar-refractivity contribution in [2.75, 3.05) is 24.7 Å². The Balaban J connectivity index is 1.61. The van der Waals surface area contributed by atoms with E-state index in [1.807, 2.05) is 13.8 Å². The second kappa shape index (κ2) is 7.45. The van der Waals surface area contributed by atoms with Gasteiger partial charge in [-0.3, -0.25) is 4.79 Å². The molecule has 2 aliphatic heterocycles. The Labute approximate surface area is 183 Å². The topological polar surface area (TPSA) is 104 Å². The van der Waals surface area contributed by atoms with Crippen LogP contribution in [0.4, 0.5) is 14.7 Å². The number of nitrogens with zero attached hydrogens (tertiary/aromatic N) is 3. The highest BCUT2D eigenvalue weighted by Crippen LogP contribution is 2.44. The van der Waals surface area contributed by atoms with Gasteiger partial charge in [-0.25, -0.2) is 27.2 Å². The first kappa shape index (κ1) is 22.0. The molecule has 2 aromatic heterocycles. The fourth-order valence-electron chi connectivity index (χ4n) is 3.96. The molecule has 1 amide bonds. The molecule has 0 saturated carbocycles. The average Bonchev–Trinajstić information content (AvgIpc) is 3.12. The van der Waals surface area contributed by atoms with Crippen LogP contribution in [0.5, 0.6) is 0 Å². The minimum Gasteiger partial charge on any atom is -0.348 e. The third kappa shape index (κ3) is 3.92. The quantitative estimate of drug-likeness (QED) is 0.710. The Morgan fingerprint density at radius 1 is 1.39 bits per heavy atom. The first-order valence-corrected chi connectivity index (χ1v) is 12.4. The van der Waals surface area contributed by atoms with Crippen LogP contribution < -0.4 is 10.6 Å². The summed E-state index contributed by atoms with van der Waals surface area (Å²) < 4.78 is 53.6. The second-order valence-electron chi connectivity index (χ2n) is 8.41. The van der Waals surface area contributed by atoms with E-state index in [4.69, 9.17) is 0 Å². The molecule has 0 aliphatic carbocycles. The van der Waals surface area contributed by atoms with Gasteiger partial charge < -0.3 is 10.6 Å². The SMILES string of the molecule is Cc1c(-c2nc(N[C@H]3CCN(S(C)(=O)=O)C[C@H]3F)ncc2F)sc2c1C(=O)NC2(C)C. The van der Waals surface area contributed by atoms with Gasteiger partial charge in [-0.2, -0.15) is 4.31 Å². The van der Waals surface area contributed by atoms with Crippen molar-refractivity contribution in [2.24, 2.45) is 0 Å². The van der Waals surface area contributed by atoms with Crippen LogP contribution in [0.25, 0.3) is 10.6 Å². The zero-order valence-electron chi connectivity index (χ0n) is 17.5. The number of carbonyl (C=O) groups excluding carboxylic acids is 1. The second-order valence-corrected chi connectivity index (χ2v) is 11.4. The number of sulfonamides is 1. The highest BCUT2D eigenvalue weighted by molar-refractivity contribution is 7.88. The van der Waals surface area contributed by atoms with Gasteiger partial charge >= 0.3 is 0 Å². The van der Waals surface area contributed by atoms with Gasteiger partial charge in [0.05, 0.1) is 34.5 Å². The van der Waals surface area contributed by atoms with E-state index < -0.39 is 33.6 Å². The molecule has 0 bridgehead atoms. The van der Waals surface area contributed by atoms with Crippen molar-refractivity contribution in [2.45, 2.75) is 44.9 Å². The number of aromatic nitrogens is 2. The predicted octanol–water partition coefficient (Wildman–Crippen LogP) is 2.42. The van der Waals surface area contributed by atoms with Crippen molar-refractivity contribution in [1.29, 1.82) is 0 Å². The van der Waals surface area contributed by atoms with Gasteiger partial charge in [-0.05, 0) is 32.8 Å². The maximum absolute atomic E-state index is 14.6. The Hall–Kier alpha value is -2.18. The third-order valence-electron chi connectivity index (χ3n) is 5.61. The number of hydrogen-bond acceptors (Lipinski definition) is 7. The van der Waals surface area contributed by atoms with Gasteiger partial charge in [0.25, 0.3) is 5.91 Å². The van der Waals surface area contributed by atoms with Crippen LogP contribution in [-0.4, -0.2) is 60.2 Å². The molecule has 4 heterocycles. The normalized spacial score (nSPS) is 23.5. The van der Waals surface area contributed by atoms with Gasteiger partial charge in [0.2, 0.25) is 16.0 Å². The zero-order valence-corrected chi connectivity index (χ0v) is 19.1. The summed E-state index contributed by atoms with van der Waals surface area (Å²) in [5, 5.41) is 5.78. The molecule has 12 heteroatoms. The smallest absolute Gasteiger partial charge is 0.253 e. The number of nitrogens with one attached hydrogen (secondary N) is 2. The van der Waals surface area contributed by atoms with Crippen LogP contribution >= 0.6 is 11.3 Å². The summed E-state index contributed by atoms with van der Waals surface area (Å²) in [7, 11) is -3.47. The van der Waals surface area contributed by atoms with E-state index in [1.54, 1.807) is 6.92 Å². The van der Waals surface area contributed by atoms with Crippen LogP contribution in [0, 0.1) is 12.7 Å². The number of hydrogen-bond donors (Lipinski definition) is 2. The van der Waals surface area contributed by atoms with E-state index in [9.17, 15) is 22.0 Å². The lowest BCUT2D eigenvalue weighted by Crippen LogP contribution is -2.49. The van der Waals surface area contributed by atoms with Crippen molar-refractivity contribution in [3.05, 3.63) is 28.0 Å². The van der Waals surface area contributed by atoms with E-state index in [0.29, 0.717) is 16.0 Å². The van der Waals surface area contributed by atoms with Gasteiger partial charge in [-0.1, -0.05) is 0 Å². The minimum atomic E-state index is -3.47. The number of piperidine rings is 1. The number of carbonyl (C=O) groups is 1. The monoisotopic (exact) mass is 471 g/mol. The Kier molecular flexibility index (Phi) is 5.30. The molecule has 0 radical (unpaired) electrons. The summed E-state index contributed by atoms with van der Waals surface area (Å²) in [6, 6.07) is -0.699. The largest absolute Gasteiger partial charge is 0.348 e. The minimum absolute atomic E-state index is 0.0435. The first-order chi connectivity index (χ1) is 14.4. The lowest BCUT2D eigenvalue weighted by Gasteiger charge is -2.33. The average molecular weight is 472 g/mol. The van der Waals surface area contributed by atoms with E-state index in [1.165, 1.54) is 11.3 Å². The molecule has 2 aromatic rings. The molecule has 0 unspecified atom stereocenters. The van der Waals surface area contributed by atoms with Crippen LogP contribution in [-0.2, 0) is 15.6 Å². The van der Waals surface area contributed by atoms with E-state index in [0.717, 1.165) is 21.6 Å². The van der Waals surface area contributed by atoms with Crippen molar-refractivity contribution in [3.63, 3.8) is 0 Å². The van der Waals surface area contributed by atoms with Crippen LogP contribution in [0.1, 0.15) is 41.1 Å². The fraction of sp³-hybridized carbons (Fsp3) is 0.526. The van der Waals surface area contributed by atoms with Crippen LogP contribution in [0.2, 0.25) is 0 Å². The molecule has 31 heavy (non-hydrogen) atoms. The molecule has 4 rings (SSSR count). The summed E-state index contributed by atoms with van der Waals surface area (Å²) >= 11 is 1.30. The number of halogens is 2. The van der Waals surface area contributed by atoms with Crippen molar-refractivity contribution >= 4 is 33.2 Å². The Morgan fingerprint density at radius 3 is 2.71 bits per heavy atom. The van der Waals surface area contributed by atoms with E-state index in [-0.39, 0.29) is 37.1 Å². The summed E-state index contributed by atoms with van der Waals surface area (Å²) in [6.45, 7) is 5.42. The number of amides is 1. The van der Waals surface area contributed by atoms with Crippen LogP contribution in [0.15, 0.2) is 6.20 Å². The van der Waals surface area contributed by atoms with Crippen molar-refractivity contribution in [3.8, 4) is 10.6 Å². The molecule has 0 aromatic carbocycles. The summed E-state index contributed by atoms with van der Waals surface area (Å²) in [4.78, 5) is 21.9. The number of fused-ring (bicyclic) bond motifs is 1. The number of alkyl halides is 1. The first-order valence-electron chi connectivity index (χ1n) is 9.73. The maximum atomic E-state index is 14.6. The van der Waals surface area contributed by atoms with E-state index >= 15 is 0 Å². The molecule has 0 spiro atoms. The number of thiophene rings is 1. The van der Waals surface area contributed by atoms with Gasteiger partial charge in [0.1, 0.15) is 11.9 Å². The Morgan fingerprint density at radius 2 is 2.10 bits per heavy atom. The predicted molar refractivity (Wildman–Crippen MR) is 114 cm³/mol. The molecular weight excluding hydrogens is 448 g/mol. The maximum Gasteiger partial charge on any atom is 0.253 e. The number of rotatable bonds is 4. The third-order valence-corrected chi connectivity index (χ3v) is 8.51. The molecule has 1 saturated heterocycles.